The number of alkyl halides is 3. The topological polar surface area (TPSA) is 66.4 Å². The molecule has 10 heteroatoms. The van der Waals surface area contributed by atoms with Gasteiger partial charge in [-0.15, -0.1) is 0 Å². The van der Waals surface area contributed by atoms with E-state index >= 15 is 0 Å². The zero-order valence-electron chi connectivity index (χ0n) is 18.6. The Bertz CT molecular complexity index is 1350. The third-order valence-electron chi connectivity index (χ3n) is 6.67. The van der Waals surface area contributed by atoms with Crippen molar-refractivity contribution >= 4 is 68.8 Å². The molecule has 6 nitrogen and oxygen atoms in total. The molecular weight excluding hydrogens is 527 g/mol. The highest BCUT2D eigenvalue weighted by atomic mass is 35.6. The lowest BCUT2D eigenvalue weighted by molar-refractivity contribution is 0.0934. The van der Waals surface area contributed by atoms with Crippen LogP contribution in [0.25, 0.3) is 10.8 Å². The van der Waals surface area contributed by atoms with Crippen LogP contribution >= 0.6 is 47.0 Å². The fourth-order valence-corrected chi connectivity index (χ4v) is 5.70. The number of thiocarbonyl (C=S) groups is 1. The maximum Gasteiger partial charge on any atom is 0.253 e. The predicted molar refractivity (Wildman–Crippen MR) is 144 cm³/mol. The molecule has 2 bridgehead atoms. The number of aromatic nitrogens is 1. The van der Waals surface area contributed by atoms with Crippen LogP contribution in [0.4, 0.5) is 0 Å². The summed E-state index contributed by atoms with van der Waals surface area (Å²) >= 11 is 24.4. The molecule has 2 aliphatic rings. The molecule has 2 N–H and O–H groups in total. The Morgan fingerprint density at radius 2 is 1.71 bits per heavy atom. The molecule has 1 saturated heterocycles. The number of amides is 1. The molecule has 0 spiro atoms. The summed E-state index contributed by atoms with van der Waals surface area (Å²) in [5.41, 5.74) is 1.52. The summed E-state index contributed by atoms with van der Waals surface area (Å²) in [5, 5.41) is 7.99. The minimum atomic E-state index is -1.85. The van der Waals surface area contributed by atoms with E-state index in [1.54, 1.807) is 18.2 Å². The molecule has 2 aromatic carbocycles. The van der Waals surface area contributed by atoms with Crippen molar-refractivity contribution in [3.63, 3.8) is 0 Å². The Balaban J connectivity index is 1.33. The highest BCUT2D eigenvalue weighted by Gasteiger charge is 2.39. The van der Waals surface area contributed by atoms with Gasteiger partial charge in [-0.25, -0.2) is 0 Å². The predicted octanol–water partition coefficient (Wildman–Crippen LogP) is 4.42. The van der Waals surface area contributed by atoms with E-state index in [4.69, 9.17) is 47.0 Å². The molecule has 0 saturated carbocycles. The second kappa shape index (κ2) is 9.62. The Kier molecular flexibility index (Phi) is 6.70. The highest BCUT2D eigenvalue weighted by Crippen LogP contribution is 2.35. The minimum absolute atomic E-state index is 0.0266. The summed E-state index contributed by atoms with van der Waals surface area (Å²) in [6.45, 7) is 1.96. The first-order valence-corrected chi connectivity index (χ1v) is 12.9. The third kappa shape index (κ3) is 5.00. The van der Waals surface area contributed by atoms with Gasteiger partial charge in [0, 0.05) is 42.9 Å². The van der Waals surface area contributed by atoms with E-state index < -0.39 is 9.96 Å². The van der Waals surface area contributed by atoms with Gasteiger partial charge in [0.2, 0.25) is 3.79 Å². The van der Waals surface area contributed by atoms with Gasteiger partial charge in [0.25, 0.3) is 11.5 Å². The van der Waals surface area contributed by atoms with Crippen LogP contribution in [0, 0.1) is 5.92 Å². The number of pyridine rings is 1. The number of piperidine rings is 1. The summed E-state index contributed by atoms with van der Waals surface area (Å²) in [6, 6.07) is 18.5. The fourth-order valence-electron chi connectivity index (χ4n) is 5.11. The van der Waals surface area contributed by atoms with Crippen LogP contribution in [0.3, 0.4) is 0 Å². The first kappa shape index (κ1) is 24.4. The average Bonchev–Trinajstić information content (AvgIpc) is 2.83. The summed E-state index contributed by atoms with van der Waals surface area (Å²) in [7, 11) is 0. The fraction of sp³-hybridized carbons (Fsp3) is 0.320. The number of carbonyl (C=O) groups is 1. The number of hydrogen-bond donors (Lipinski definition) is 2. The molecule has 0 aliphatic carbocycles. The van der Waals surface area contributed by atoms with Gasteiger partial charge in [0.05, 0.1) is 0 Å². The number of carbonyl (C=O) groups excluding carboxylic acids is 1. The number of benzene rings is 2. The van der Waals surface area contributed by atoms with Gasteiger partial charge in [-0.05, 0) is 47.5 Å². The second-order valence-electron chi connectivity index (χ2n) is 9.03. The molecule has 2 aliphatic heterocycles. The van der Waals surface area contributed by atoms with Crippen molar-refractivity contribution in [3.8, 4) is 0 Å². The van der Waals surface area contributed by atoms with Crippen molar-refractivity contribution in [2.75, 3.05) is 13.1 Å². The quantitative estimate of drug-likeness (QED) is 0.288. The number of hydrogen-bond acceptors (Lipinski definition) is 3. The van der Waals surface area contributed by atoms with Crippen LogP contribution in [0.15, 0.2) is 65.5 Å². The lowest BCUT2D eigenvalue weighted by Gasteiger charge is -2.44. The van der Waals surface area contributed by atoms with Gasteiger partial charge in [0.15, 0.2) is 5.11 Å². The maximum atomic E-state index is 13.2. The molecule has 3 aromatic rings. The van der Waals surface area contributed by atoms with E-state index in [0.29, 0.717) is 30.3 Å². The van der Waals surface area contributed by atoms with Crippen molar-refractivity contribution in [2.45, 2.75) is 28.8 Å². The number of nitrogens with zero attached hydrogens (tertiary/aromatic N) is 2. The minimum Gasteiger partial charge on any atom is -0.348 e. The number of likely N-dealkylation sites (tertiary alicyclic amines) is 1. The van der Waals surface area contributed by atoms with E-state index in [9.17, 15) is 9.59 Å². The van der Waals surface area contributed by atoms with E-state index in [-0.39, 0.29) is 23.3 Å². The largest absolute Gasteiger partial charge is 0.348 e. The number of rotatable bonds is 3. The molecule has 182 valence electrons. The van der Waals surface area contributed by atoms with Crippen LogP contribution in [0.2, 0.25) is 0 Å². The number of fused-ring (bicyclic) bond motifs is 5. The lowest BCUT2D eigenvalue weighted by atomic mass is 9.83. The number of halogens is 3. The first-order chi connectivity index (χ1) is 16.7. The Morgan fingerprint density at radius 1 is 0.971 bits per heavy atom. The molecule has 3 heterocycles. The monoisotopic (exact) mass is 548 g/mol. The molecule has 1 unspecified atom stereocenters. The van der Waals surface area contributed by atoms with Crippen LogP contribution in [0.1, 0.15) is 28.4 Å². The lowest BCUT2D eigenvalue weighted by Crippen LogP contribution is -2.60. The average molecular weight is 550 g/mol. The standard InChI is InChI=1S/C25H23Cl3N4O2S/c26-25(27,28)23(29-22(34)19-8-3-6-16-5-1-2-7-18(16)19)30-24(35)31-12-15-11-17(14-31)20-9-4-10-21(33)32(20)13-15/h1-10,15,17,23H,11-14H2,(H,29,34)(H,30,35)/t15-,17-,23?/m1/s1. The SMILES string of the molecule is O=C(NC(NC(=S)N1C[C@H]2C[C@H](C1)c1cccc(=O)n1C2)C(Cl)(Cl)Cl)c1cccc2ccccc12. The van der Waals surface area contributed by atoms with Crippen LogP contribution in [-0.4, -0.2) is 43.5 Å². The zero-order valence-corrected chi connectivity index (χ0v) is 21.7. The zero-order chi connectivity index (χ0) is 24.7. The van der Waals surface area contributed by atoms with E-state index in [0.717, 1.165) is 22.9 Å². The summed E-state index contributed by atoms with van der Waals surface area (Å²) in [4.78, 5) is 27.5. The second-order valence-corrected chi connectivity index (χ2v) is 11.8. The molecule has 35 heavy (non-hydrogen) atoms. The smallest absolute Gasteiger partial charge is 0.253 e. The maximum absolute atomic E-state index is 13.2. The van der Waals surface area contributed by atoms with E-state index in [2.05, 4.69) is 10.6 Å². The molecule has 1 aromatic heterocycles. The Labute approximate surface area is 223 Å². The van der Waals surface area contributed by atoms with Crippen LogP contribution in [0.5, 0.6) is 0 Å². The summed E-state index contributed by atoms with van der Waals surface area (Å²) in [6.07, 6.45) is -0.0583. The highest BCUT2D eigenvalue weighted by molar-refractivity contribution is 7.80. The van der Waals surface area contributed by atoms with Crippen LogP contribution in [-0.2, 0) is 6.54 Å². The molecule has 3 atom stereocenters. The molecule has 1 amide bonds. The summed E-state index contributed by atoms with van der Waals surface area (Å²) < 4.78 is 0.0110. The molecule has 1 fully saturated rings. The van der Waals surface area contributed by atoms with Crippen molar-refractivity contribution in [2.24, 2.45) is 5.92 Å². The third-order valence-corrected chi connectivity index (χ3v) is 7.70. The van der Waals surface area contributed by atoms with E-state index in [1.165, 1.54) is 0 Å². The Hall–Kier alpha value is -2.32. The van der Waals surface area contributed by atoms with Crippen molar-refractivity contribution in [1.29, 1.82) is 0 Å². The first-order valence-electron chi connectivity index (χ1n) is 11.3. The van der Waals surface area contributed by atoms with Crippen molar-refractivity contribution < 1.29 is 4.79 Å². The summed E-state index contributed by atoms with van der Waals surface area (Å²) in [5.74, 6) is 0.0717. The van der Waals surface area contributed by atoms with Gasteiger partial charge >= 0.3 is 0 Å². The van der Waals surface area contributed by atoms with Gasteiger partial charge < -0.3 is 20.1 Å². The molecule has 5 rings (SSSR count). The van der Waals surface area contributed by atoms with E-state index in [1.807, 2.05) is 51.9 Å². The van der Waals surface area contributed by atoms with Gasteiger partial charge in [-0.2, -0.15) is 0 Å². The Morgan fingerprint density at radius 3 is 2.51 bits per heavy atom. The van der Waals surface area contributed by atoms with Gasteiger partial charge in [0.1, 0.15) is 6.17 Å². The van der Waals surface area contributed by atoms with Gasteiger partial charge in [-0.3, -0.25) is 9.59 Å². The van der Waals surface area contributed by atoms with Crippen molar-refractivity contribution in [1.82, 2.24) is 20.1 Å². The normalized spacial score (nSPS) is 20.1. The molecular formula is C25H23Cl3N4O2S. The number of nitrogens with one attached hydrogen (secondary N) is 2. The van der Waals surface area contributed by atoms with Crippen molar-refractivity contribution in [3.05, 3.63) is 82.3 Å². The van der Waals surface area contributed by atoms with Gasteiger partial charge in [-0.1, -0.05) is 77.3 Å². The molecule has 0 radical (unpaired) electrons. The van der Waals surface area contributed by atoms with Crippen LogP contribution < -0.4 is 16.2 Å².